The molecule has 0 aromatic heterocycles. The Morgan fingerprint density at radius 3 is 1.40 bits per heavy atom. The first-order chi connectivity index (χ1) is 21.5. The van der Waals surface area contributed by atoms with Crippen molar-refractivity contribution in [2.24, 2.45) is 5.73 Å². The highest BCUT2D eigenvalue weighted by atomic mass is 35.5. The third-order valence-corrected chi connectivity index (χ3v) is 8.99. The molecule has 2 fully saturated rings. The molecule has 0 spiro atoms. The molecule has 2 aliphatic heterocycles. The lowest BCUT2D eigenvalue weighted by molar-refractivity contribution is -0.290. The summed E-state index contributed by atoms with van der Waals surface area (Å²) < 4.78 is 5.41. The number of alkyl carbamates (subject to hydrolysis) is 1. The molecule has 2 heterocycles. The fourth-order valence-corrected chi connectivity index (χ4v) is 7.57. The molecule has 0 aliphatic carbocycles. The maximum Gasteiger partial charge on any atom is 0.407 e. The van der Waals surface area contributed by atoms with E-state index in [4.69, 9.17) is 43.3 Å². The van der Waals surface area contributed by atoms with Crippen molar-refractivity contribution in [2.75, 3.05) is 0 Å². The predicted molar refractivity (Wildman–Crippen MR) is 192 cm³/mol. The molecular weight excluding hydrogens is 635 g/mol. The van der Waals surface area contributed by atoms with Crippen LogP contribution >= 0.6 is 23.2 Å². The van der Waals surface area contributed by atoms with Gasteiger partial charge in [-0.1, -0.05) is 47.5 Å². The standard InChI is InChI=1S/C21H33ClN2O3.C16H25ClN2O/c1-19(2,3)27-18(25)23-17-12-20(4,5)24(21(6,7)13-17)26-14-15-8-10-16(22)11-9-15;1-15(2)9-14(18)10-16(3,4)19(15)20-11-12-5-7-13(17)8-6-12/h8-11,17H,12-14H2,1-7H3,(H,23,25);5-8,14H,9-11,18H2,1-4H3. The normalized spacial score (nSPS) is 21.4. The number of hydrogen-bond donors (Lipinski definition) is 2. The quantitative estimate of drug-likeness (QED) is 0.299. The van der Waals surface area contributed by atoms with E-state index >= 15 is 0 Å². The Hall–Kier alpha value is -1.91. The van der Waals surface area contributed by atoms with Crippen LogP contribution in [0.1, 0.15) is 113 Å². The summed E-state index contributed by atoms with van der Waals surface area (Å²) in [6, 6.07) is 15.7. The summed E-state index contributed by atoms with van der Waals surface area (Å²) in [5.41, 5.74) is 7.26. The summed E-state index contributed by atoms with van der Waals surface area (Å²) in [6.45, 7) is 24.0. The van der Waals surface area contributed by atoms with Gasteiger partial charge in [-0.2, -0.15) is 10.1 Å². The molecule has 2 aromatic carbocycles. The van der Waals surface area contributed by atoms with Crippen LogP contribution in [0, 0.1) is 0 Å². The summed E-state index contributed by atoms with van der Waals surface area (Å²) in [7, 11) is 0. The number of hydroxylamine groups is 4. The summed E-state index contributed by atoms with van der Waals surface area (Å²) >= 11 is 11.9. The van der Waals surface area contributed by atoms with Crippen molar-refractivity contribution in [3.63, 3.8) is 0 Å². The summed E-state index contributed by atoms with van der Waals surface area (Å²) in [4.78, 5) is 24.5. The number of amides is 1. The van der Waals surface area contributed by atoms with Crippen LogP contribution in [0.25, 0.3) is 0 Å². The van der Waals surface area contributed by atoms with Gasteiger partial charge in [-0.3, -0.25) is 9.68 Å². The van der Waals surface area contributed by atoms with Crippen LogP contribution in [0.4, 0.5) is 4.79 Å². The van der Waals surface area contributed by atoms with Crippen molar-refractivity contribution in [2.45, 2.75) is 155 Å². The second-order valence-corrected chi connectivity index (χ2v) is 17.4. The monoisotopic (exact) mass is 692 g/mol. The number of ether oxygens (including phenoxy) is 1. The molecule has 1 amide bonds. The van der Waals surface area contributed by atoms with Gasteiger partial charge in [-0.25, -0.2) is 4.79 Å². The van der Waals surface area contributed by atoms with Crippen LogP contribution in [0.5, 0.6) is 0 Å². The molecule has 3 N–H and O–H groups in total. The van der Waals surface area contributed by atoms with Gasteiger partial charge in [0.15, 0.2) is 0 Å². The van der Waals surface area contributed by atoms with Gasteiger partial charge < -0.3 is 15.8 Å². The number of carbonyl (C=O) groups excluding carboxylic acids is 1. The highest BCUT2D eigenvalue weighted by Gasteiger charge is 2.47. The number of piperidine rings is 2. The van der Waals surface area contributed by atoms with Crippen LogP contribution in [-0.2, 0) is 27.6 Å². The molecular formula is C37H58Cl2N4O4. The number of nitrogens with one attached hydrogen (secondary N) is 1. The average Bonchev–Trinajstić information content (AvgIpc) is 2.87. The maximum absolute atomic E-state index is 12.2. The van der Waals surface area contributed by atoms with Gasteiger partial charge in [0.25, 0.3) is 0 Å². The molecule has 264 valence electrons. The smallest absolute Gasteiger partial charge is 0.407 e. The third-order valence-electron chi connectivity index (χ3n) is 8.48. The second-order valence-electron chi connectivity index (χ2n) is 16.6. The van der Waals surface area contributed by atoms with E-state index in [1.54, 1.807) is 0 Å². The SMILES string of the molecule is CC(C)(C)OC(=O)NC1CC(C)(C)N(OCc2ccc(Cl)cc2)C(C)(C)C1.CC1(C)CC(N)CC(C)(C)N1OCc1ccc(Cl)cc1. The fourth-order valence-electron chi connectivity index (χ4n) is 7.32. The van der Waals surface area contributed by atoms with Crippen LogP contribution in [-0.4, -0.2) is 56.1 Å². The van der Waals surface area contributed by atoms with E-state index in [0.29, 0.717) is 18.2 Å². The lowest BCUT2D eigenvalue weighted by atomic mass is 9.79. The Labute approximate surface area is 293 Å². The number of carbonyl (C=O) groups is 1. The topological polar surface area (TPSA) is 89.3 Å². The Kier molecular flexibility index (Phi) is 12.9. The first-order valence-electron chi connectivity index (χ1n) is 16.6. The Morgan fingerprint density at radius 2 is 1.06 bits per heavy atom. The molecule has 0 unspecified atom stereocenters. The molecule has 8 nitrogen and oxygen atoms in total. The largest absolute Gasteiger partial charge is 0.444 e. The minimum atomic E-state index is -0.502. The molecule has 0 atom stereocenters. The van der Waals surface area contributed by atoms with Gasteiger partial charge in [-0.05, 0) is 137 Å². The van der Waals surface area contributed by atoms with Crippen molar-refractivity contribution < 1.29 is 19.2 Å². The fraction of sp³-hybridized carbons (Fsp3) is 0.649. The van der Waals surface area contributed by atoms with Crippen molar-refractivity contribution in [3.8, 4) is 0 Å². The molecule has 2 saturated heterocycles. The van der Waals surface area contributed by atoms with Gasteiger partial charge in [0.05, 0.1) is 13.2 Å². The molecule has 47 heavy (non-hydrogen) atoms. The first kappa shape index (κ1) is 39.5. The van der Waals surface area contributed by atoms with Crippen molar-refractivity contribution in [1.82, 2.24) is 15.4 Å². The van der Waals surface area contributed by atoms with Crippen molar-refractivity contribution >= 4 is 29.3 Å². The van der Waals surface area contributed by atoms with Gasteiger partial charge in [-0.15, -0.1) is 0 Å². The molecule has 2 aromatic rings. The zero-order valence-electron chi connectivity index (χ0n) is 30.4. The Morgan fingerprint density at radius 1 is 0.723 bits per heavy atom. The maximum atomic E-state index is 12.2. The molecule has 0 radical (unpaired) electrons. The number of rotatable bonds is 7. The Bertz CT molecular complexity index is 1270. The first-order valence-corrected chi connectivity index (χ1v) is 17.4. The number of halogens is 2. The van der Waals surface area contributed by atoms with E-state index in [9.17, 15) is 4.79 Å². The van der Waals surface area contributed by atoms with Gasteiger partial charge >= 0.3 is 6.09 Å². The lowest BCUT2D eigenvalue weighted by Crippen LogP contribution is -2.64. The second kappa shape index (κ2) is 15.3. The highest BCUT2D eigenvalue weighted by molar-refractivity contribution is 6.30. The molecule has 4 rings (SSSR count). The van der Waals surface area contributed by atoms with E-state index in [1.807, 2.05) is 69.3 Å². The number of hydrogen-bond acceptors (Lipinski definition) is 7. The molecule has 2 aliphatic rings. The minimum absolute atomic E-state index is 0.0280. The zero-order chi connectivity index (χ0) is 35.4. The number of nitrogens with two attached hydrogens (primary N) is 1. The molecule has 0 saturated carbocycles. The van der Waals surface area contributed by atoms with E-state index < -0.39 is 5.60 Å². The van der Waals surface area contributed by atoms with Crippen molar-refractivity contribution in [1.29, 1.82) is 0 Å². The third kappa shape index (κ3) is 11.9. The van der Waals surface area contributed by atoms with E-state index in [1.165, 1.54) is 0 Å². The van der Waals surface area contributed by atoms with Gasteiger partial charge in [0.1, 0.15) is 5.60 Å². The average molecular weight is 694 g/mol. The predicted octanol–water partition coefficient (Wildman–Crippen LogP) is 9.07. The Balaban J connectivity index is 0.000000267. The van der Waals surface area contributed by atoms with E-state index in [0.717, 1.165) is 41.8 Å². The highest BCUT2D eigenvalue weighted by Crippen LogP contribution is 2.40. The summed E-state index contributed by atoms with van der Waals surface area (Å²) in [5.74, 6) is 0. The number of benzene rings is 2. The minimum Gasteiger partial charge on any atom is -0.444 e. The lowest BCUT2D eigenvalue weighted by Gasteiger charge is -2.53. The zero-order valence-corrected chi connectivity index (χ0v) is 31.9. The van der Waals surface area contributed by atoms with E-state index in [-0.39, 0.29) is 40.3 Å². The van der Waals surface area contributed by atoms with Crippen LogP contribution in [0.15, 0.2) is 48.5 Å². The summed E-state index contributed by atoms with van der Waals surface area (Å²) in [5, 5.41) is 8.69. The van der Waals surface area contributed by atoms with Crippen molar-refractivity contribution in [3.05, 3.63) is 69.7 Å². The molecule has 0 bridgehead atoms. The van der Waals surface area contributed by atoms with Gasteiger partial charge in [0.2, 0.25) is 0 Å². The number of nitrogens with zero attached hydrogens (tertiary/aromatic N) is 2. The molecule has 10 heteroatoms. The van der Waals surface area contributed by atoms with Crippen LogP contribution < -0.4 is 11.1 Å². The van der Waals surface area contributed by atoms with Crippen LogP contribution in [0.2, 0.25) is 10.0 Å². The summed E-state index contributed by atoms with van der Waals surface area (Å²) in [6.07, 6.45) is 3.07. The van der Waals surface area contributed by atoms with Gasteiger partial charge in [0, 0.05) is 44.3 Å². The van der Waals surface area contributed by atoms with Crippen LogP contribution in [0.3, 0.4) is 0 Å². The van der Waals surface area contributed by atoms with E-state index in [2.05, 4.69) is 70.8 Å².